The molecule has 0 fully saturated rings. The third kappa shape index (κ3) is 5.54. The van der Waals surface area contributed by atoms with Crippen LogP contribution < -0.4 is 5.32 Å². The number of halogens is 17. The molecule has 1 N–H and O–H groups in total. The van der Waals surface area contributed by atoms with Crippen molar-refractivity contribution in [1.29, 1.82) is 0 Å². The van der Waals surface area contributed by atoms with Crippen LogP contribution in [-0.2, 0) is 14.3 Å². The molecule has 0 bridgehead atoms. The van der Waals surface area contributed by atoms with Gasteiger partial charge in [0.05, 0.1) is 0 Å². The summed E-state index contributed by atoms with van der Waals surface area (Å²) in [5, 5.41) is 0.713. The first-order valence-electron chi connectivity index (χ1n) is 7.15. The zero-order valence-corrected chi connectivity index (χ0v) is 14.6. The van der Waals surface area contributed by atoms with Gasteiger partial charge in [0.2, 0.25) is 0 Å². The monoisotopic (exact) mass is 535 g/mol. The van der Waals surface area contributed by atoms with E-state index in [1.807, 2.05) is 4.74 Å². The van der Waals surface area contributed by atoms with Gasteiger partial charge in [-0.2, -0.15) is 74.6 Å². The molecule has 4 nitrogen and oxygen atoms in total. The van der Waals surface area contributed by atoms with Crippen LogP contribution in [0.25, 0.3) is 0 Å². The van der Waals surface area contributed by atoms with Crippen molar-refractivity contribution in [2.45, 2.75) is 48.4 Å². The van der Waals surface area contributed by atoms with Crippen LogP contribution in [0.5, 0.6) is 0 Å². The van der Waals surface area contributed by atoms with Crippen molar-refractivity contribution in [3.05, 3.63) is 12.7 Å². The van der Waals surface area contributed by atoms with Crippen molar-refractivity contribution in [3.63, 3.8) is 0 Å². The van der Waals surface area contributed by atoms with E-state index in [1.54, 1.807) is 0 Å². The maximum atomic E-state index is 13.9. The molecule has 0 unspecified atom stereocenters. The Labute approximate surface area is 169 Å². The lowest BCUT2D eigenvalue weighted by Crippen LogP contribution is -2.68. The van der Waals surface area contributed by atoms with Crippen LogP contribution in [0.1, 0.15) is 0 Å². The molecule has 0 saturated heterocycles. The predicted molar refractivity (Wildman–Crippen MR) is 66.1 cm³/mol. The summed E-state index contributed by atoms with van der Waals surface area (Å²) in [6.07, 6.45) is -38.0. The Kier molecular flexibility index (Phi) is 8.08. The SMILES string of the molecule is C=CCNC(=O)[C@@](F)(OC(F)(F)[C@](F)(OC(F)(F)C(F)(F)C(F)(F)F)C(F)(F)F)C(F)(F)F. The lowest BCUT2D eigenvalue weighted by molar-refractivity contribution is -0.548. The van der Waals surface area contributed by atoms with E-state index in [2.05, 4.69) is 6.58 Å². The average molecular weight is 535 g/mol. The molecule has 0 heterocycles. The van der Waals surface area contributed by atoms with Crippen molar-refractivity contribution in [2.24, 2.45) is 0 Å². The molecule has 0 saturated carbocycles. The number of alkyl halides is 17. The zero-order valence-electron chi connectivity index (χ0n) is 14.6. The molecule has 196 valence electrons. The molecule has 0 aromatic carbocycles. The number of carbonyl (C=O) groups excluding carboxylic acids is 1. The first-order valence-corrected chi connectivity index (χ1v) is 7.15. The minimum atomic E-state index is -8.03. The van der Waals surface area contributed by atoms with Gasteiger partial charge in [-0.3, -0.25) is 14.3 Å². The molecule has 33 heavy (non-hydrogen) atoms. The molecular weight excluding hydrogens is 529 g/mol. The quantitative estimate of drug-likeness (QED) is 0.328. The van der Waals surface area contributed by atoms with Crippen LogP contribution in [0.2, 0.25) is 0 Å². The molecule has 0 aliphatic rings. The van der Waals surface area contributed by atoms with Gasteiger partial charge in [0, 0.05) is 6.54 Å². The van der Waals surface area contributed by atoms with Crippen LogP contribution in [0, 0.1) is 0 Å². The molecule has 0 spiro atoms. The average Bonchev–Trinajstić information content (AvgIpc) is 2.55. The second kappa shape index (κ2) is 8.62. The molecule has 0 aliphatic carbocycles. The fourth-order valence-electron chi connectivity index (χ4n) is 1.44. The van der Waals surface area contributed by atoms with Gasteiger partial charge in [-0.1, -0.05) is 6.08 Å². The van der Waals surface area contributed by atoms with Gasteiger partial charge >= 0.3 is 48.4 Å². The third-order valence-electron chi connectivity index (χ3n) is 3.06. The molecular formula is C12H6F17NO3. The second-order valence-corrected chi connectivity index (χ2v) is 5.49. The number of ether oxygens (including phenoxy) is 2. The van der Waals surface area contributed by atoms with E-state index in [9.17, 15) is 79.4 Å². The zero-order chi connectivity index (χ0) is 27.1. The fraction of sp³-hybridized carbons (Fsp3) is 0.750. The molecule has 0 radical (unpaired) electrons. The first kappa shape index (κ1) is 30.9. The number of nitrogens with one attached hydrogen (secondary N) is 1. The Hall–Kier alpha value is -2.06. The Morgan fingerprint density at radius 2 is 1.09 bits per heavy atom. The van der Waals surface area contributed by atoms with Gasteiger partial charge in [-0.25, -0.2) is 0 Å². The van der Waals surface area contributed by atoms with E-state index in [1.165, 1.54) is 4.74 Å². The summed E-state index contributed by atoms with van der Waals surface area (Å²) in [4.78, 5) is 11.1. The number of hydrogen-bond donors (Lipinski definition) is 1. The highest BCUT2D eigenvalue weighted by Crippen LogP contribution is 2.56. The molecule has 1 amide bonds. The van der Waals surface area contributed by atoms with Gasteiger partial charge < -0.3 is 5.32 Å². The number of carbonyl (C=O) groups is 1. The summed E-state index contributed by atoms with van der Waals surface area (Å²) in [5.74, 6) is -26.1. The normalized spacial score (nSPS) is 18.3. The first-order chi connectivity index (χ1) is 14.1. The minimum Gasteiger partial charge on any atom is -0.347 e. The van der Waals surface area contributed by atoms with E-state index < -0.39 is 60.8 Å². The molecule has 2 atom stereocenters. The lowest BCUT2D eigenvalue weighted by Gasteiger charge is -2.40. The summed E-state index contributed by atoms with van der Waals surface area (Å²) in [7, 11) is 0. The summed E-state index contributed by atoms with van der Waals surface area (Å²) >= 11 is 0. The Morgan fingerprint density at radius 3 is 1.39 bits per heavy atom. The molecule has 0 rings (SSSR count). The van der Waals surface area contributed by atoms with Gasteiger partial charge in [0.15, 0.2) is 0 Å². The van der Waals surface area contributed by atoms with Crippen LogP contribution >= 0.6 is 0 Å². The number of hydrogen-bond acceptors (Lipinski definition) is 3. The van der Waals surface area contributed by atoms with Crippen molar-refractivity contribution in [3.8, 4) is 0 Å². The standard InChI is InChI=1S/C12H6F17NO3/c1-2-3-30-4(31)5(13,8(17,18)19)32-12(28,29)7(16,10(23,24)25)33-11(26,27)6(14,15)9(20,21)22/h2H,1,3H2,(H,30,31)/t5-,7-/m1/s1. The third-order valence-corrected chi connectivity index (χ3v) is 3.06. The minimum absolute atomic E-state index is 0.422. The van der Waals surface area contributed by atoms with Crippen LogP contribution in [0.15, 0.2) is 12.7 Å². The van der Waals surface area contributed by atoms with Gasteiger partial charge in [-0.15, -0.1) is 6.58 Å². The number of rotatable bonds is 9. The maximum Gasteiger partial charge on any atom is 0.462 e. The van der Waals surface area contributed by atoms with Crippen molar-refractivity contribution >= 4 is 5.91 Å². The van der Waals surface area contributed by atoms with Crippen LogP contribution in [0.3, 0.4) is 0 Å². The molecule has 0 aromatic heterocycles. The summed E-state index contributed by atoms with van der Waals surface area (Å²) in [6, 6.07) is 0. The maximum absolute atomic E-state index is 13.9. The van der Waals surface area contributed by atoms with E-state index in [0.29, 0.717) is 11.4 Å². The highest BCUT2D eigenvalue weighted by atomic mass is 19.4. The summed E-state index contributed by atoms with van der Waals surface area (Å²) < 4.78 is 221. The second-order valence-electron chi connectivity index (χ2n) is 5.49. The van der Waals surface area contributed by atoms with E-state index >= 15 is 0 Å². The Bertz CT molecular complexity index is 726. The van der Waals surface area contributed by atoms with Gasteiger partial charge in [-0.05, 0) is 0 Å². The smallest absolute Gasteiger partial charge is 0.347 e. The topological polar surface area (TPSA) is 47.6 Å². The summed E-state index contributed by atoms with van der Waals surface area (Å²) in [5.41, 5.74) is 0. The predicted octanol–water partition coefficient (Wildman–Crippen LogP) is 5.16. The van der Waals surface area contributed by atoms with Gasteiger partial charge in [0.1, 0.15) is 0 Å². The van der Waals surface area contributed by atoms with Crippen molar-refractivity contribution in [2.75, 3.05) is 6.54 Å². The Morgan fingerprint density at radius 1 is 0.667 bits per heavy atom. The Balaban J connectivity index is 6.70. The lowest BCUT2D eigenvalue weighted by atomic mass is 10.2. The van der Waals surface area contributed by atoms with Crippen LogP contribution in [0.4, 0.5) is 74.6 Å². The fourth-order valence-corrected chi connectivity index (χ4v) is 1.44. The molecule has 21 heteroatoms. The summed E-state index contributed by atoms with van der Waals surface area (Å²) in [6.45, 7) is 1.48. The van der Waals surface area contributed by atoms with E-state index in [4.69, 9.17) is 0 Å². The number of amides is 1. The van der Waals surface area contributed by atoms with E-state index in [0.717, 1.165) is 0 Å². The highest BCUT2D eigenvalue weighted by molar-refractivity contribution is 5.84. The highest BCUT2D eigenvalue weighted by Gasteiger charge is 2.85. The van der Waals surface area contributed by atoms with E-state index in [-0.39, 0.29) is 0 Å². The molecule has 0 aromatic rings. The molecule has 0 aliphatic heterocycles. The van der Waals surface area contributed by atoms with Crippen LogP contribution in [-0.4, -0.2) is 60.8 Å². The van der Waals surface area contributed by atoms with Gasteiger partial charge in [0.25, 0.3) is 5.91 Å². The van der Waals surface area contributed by atoms with Crippen molar-refractivity contribution < 1.29 is 88.9 Å². The van der Waals surface area contributed by atoms with Crippen molar-refractivity contribution in [1.82, 2.24) is 5.32 Å². The largest absolute Gasteiger partial charge is 0.462 e.